The molecule has 0 unspecified atom stereocenters. The van der Waals surface area contributed by atoms with Crippen LogP contribution in [0.25, 0.3) is 0 Å². The first kappa shape index (κ1) is 18.3. The van der Waals surface area contributed by atoms with Crippen molar-refractivity contribution in [2.24, 2.45) is 0 Å². The summed E-state index contributed by atoms with van der Waals surface area (Å²) in [4.78, 5) is 23.6. The molecule has 1 amide bonds. The van der Waals surface area contributed by atoms with Crippen LogP contribution in [0.15, 0.2) is 48.5 Å². The molecule has 0 aliphatic carbocycles. The van der Waals surface area contributed by atoms with Gasteiger partial charge in [0, 0.05) is 11.8 Å². The zero-order valence-corrected chi connectivity index (χ0v) is 13.1. The van der Waals surface area contributed by atoms with Crippen molar-refractivity contribution in [1.29, 1.82) is 0 Å². The van der Waals surface area contributed by atoms with Gasteiger partial charge in [0.25, 0.3) is 5.91 Å². The monoisotopic (exact) mass is 353 g/mol. The molecule has 8 heteroatoms. The number of anilines is 1. The average Bonchev–Trinajstić information content (AvgIpc) is 2.59. The first-order chi connectivity index (χ1) is 11.8. The number of carbonyl (C=O) groups excluding carboxylic acids is 2. The van der Waals surface area contributed by atoms with Crippen LogP contribution in [0.5, 0.6) is 5.75 Å². The highest BCUT2D eigenvalue weighted by Crippen LogP contribution is 2.32. The van der Waals surface area contributed by atoms with E-state index in [9.17, 15) is 22.8 Å². The van der Waals surface area contributed by atoms with Crippen molar-refractivity contribution in [3.8, 4) is 5.75 Å². The second-order valence-corrected chi connectivity index (χ2v) is 4.90. The minimum atomic E-state index is -4.70. The molecule has 5 nitrogen and oxygen atoms in total. The van der Waals surface area contributed by atoms with E-state index in [-0.39, 0.29) is 0 Å². The molecule has 132 valence electrons. The number of rotatable bonds is 5. The van der Waals surface area contributed by atoms with Crippen LogP contribution in [0, 0.1) is 0 Å². The van der Waals surface area contributed by atoms with Crippen LogP contribution in [0.2, 0.25) is 0 Å². The van der Waals surface area contributed by atoms with Crippen LogP contribution >= 0.6 is 0 Å². The van der Waals surface area contributed by atoms with Gasteiger partial charge in [-0.2, -0.15) is 13.2 Å². The molecule has 0 aliphatic rings. The molecule has 0 bridgehead atoms. The van der Waals surface area contributed by atoms with Gasteiger partial charge in [0.15, 0.2) is 6.61 Å². The van der Waals surface area contributed by atoms with Crippen LogP contribution in [0.3, 0.4) is 0 Å². The van der Waals surface area contributed by atoms with E-state index < -0.39 is 35.8 Å². The van der Waals surface area contributed by atoms with E-state index in [1.807, 2.05) is 0 Å². The largest absolute Gasteiger partial charge is 0.497 e. The summed E-state index contributed by atoms with van der Waals surface area (Å²) in [6, 6.07) is 10.6. The fourth-order valence-corrected chi connectivity index (χ4v) is 2.02. The Morgan fingerprint density at radius 3 is 2.48 bits per heavy atom. The Kier molecular flexibility index (Phi) is 5.63. The van der Waals surface area contributed by atoms with Gasteiger partial charge in [0.2, 0.25) is 0 Å². The predicted molar refractivity (Wildman–Crippen MR) is 83.4 cm³/mol. The number of hydrogen-bond acceptors (Lipinski definition) is 4. The van der Waals surface area contributed by atoms with E-state index in [0.29, 0.717) is 11.4 Å². The first-order valence-corrected chi connectivity index (χ1v) is 7.08. The normalized spacial score (nSPS) is 10.9. The smallest absolute Gasteiger partial charge is 0.417 e. The molecule has 1 N–H and O–H groups in total. The summed E-state index contributed by atoms with van der Waals surface area (Å²) >= 11 is 0. The number of halogens is 3. The van der Waals surface area contributed by atoms with Crippen LogP contribution in [0.4, 0.5) is 18.9 Å². The maximum Gasteiger partial charge on any atom is 0.417 e. The van der Waals surface area contributed by atoms with Gasteiger partial charge in [0.05, 0.1) is 18.2 Å². The molecule has 2 aromatic carbocycles. The van der Waals surface area contributed by atoms with Gasteiger partial charge in [-0.1, -0.05) is 18.2 Å². The first-order valence-electron chi connectivity index (χ1n) is 7.08. The lowest BCUT2D eigenvalue weighted by Gasteiger charge is -2.12. The fourth-order valence-electron chi connectivity index (χ4n) is 2.02. The van der Waals surface area contributed by atoms with E-state index in [1.54, 1.807) is 24.3 Å². The van der Waals surface area contributed by atoms with Crippen LogP contribution < -0.4 is 10.1 Å². The molecule has 25 heavy (non-hydrogen) atoms. The number of ether oxygens (including phenoxy) is 2. The Hall–Kier alpha value is -3.03. The topological polar surface area (TPSA) is 64.6 Å². The summed E-state index contributed by atoms with van der Waals surface area (Å²) < 4.78 is 48.3. The van der Waals surface area contributed by atoms with E-state index in [1.165, 1.54) is 13.2 Å². The fraction of sp³-hybridized carbons (Fsp3) is 0.176. The number of hydrogen-bond donors (Lipinski definition) is 1. The Balaban J connectivity index is 1.99. The molecular formula is C17H14F3NO4. The lowest BCUT2D eigenvalue weighted by atomic mass is 10.1. The van der Waals surface area contributed by atoms with Gasteiger partial charge in [-0.05, 0) is 24.3 Å². The van der Waals surface area contributed by atoms with Crippen molar-refractivity contribution in [2.75, 3.05) is 19.0 Å². The predicted octanol–water partition coefficient (Wildman–Crippen LogP) is 3.51. The van der Waals surface area contributed by atoms with Crippen LogP contribution in [0.1, 0.15) is 15.9 Å². The second kappa shape index (κ2) is 7.69. The maximum absolute atomic E-state index is 12.9. The number of alkyl halides is 3. The Labute approximate surface area is 141 Å². The minimum absolute atomic E-state index is 0.399. The van der Waals surface area contributed by atoms with E-state index in [0.717, 1.165) is 18.2 Å². The van der Waals surface area contributed by atoms with Crippen molar-refractivity contribution >= 4 is 17.6 Å². The summed E-state index contributed by atoms with van der Waals surface area (Å²) in [5.41, 5.74) is -1.37. The third-order valence-electron chi connectivity index (χ3n) is 3.14. The molecule has 0 saturated heterocycles. The molecule has 0 aromatic heterocycles. The van der Waals surface area contributed by atoms with E-state index >= 15 is 0 Å². The zero-order chi connectivity index (χ0) is 18.4. The van der Waals surface area contributed by atoms with Crippen molar-refractivity contribution in [1.82, 2.24) is 0 Å². The quantitative estimate of drug-likeness (QED) is 0.836. The van der Waals surface area contributed by atoms with Gasteiger partial charge >= 0.3 is 12.1 Å². The van der Waals surface area contributed by atoms with Crippen LogP contribution in [-0.4, -0.2) is 25.6 Å². The highest BCUT2D eigenvalue weighted by atomic mass is 19.4. The summed E-state index contributed by atoms with van der Waals surface area (Å²) in [5, 5.41) is 2.45. The number of amides is 1. The summed E-state index contributed by atoms with van der Waals surface area (Å²) in [6.07, 6.45) is -4.70. The molecule has 0 fully saturated rings. The standard InChI is InChI=1S/C17H14F3NO4/c1-24-12-6-4-5-11(9-12)21-15(22)10-25-16(23)13-7-2-3-8-14(13)17(18,19)20/h2-9H,10H2,1H3,(H,21,22). The van der Waals surface area contributed by atoms with E-state index in [2.05, 4.69) is 10.1 Å². The molecule has 2 aromatic rings. The van der Waals surface area contributed by atoms with Gasteiger partial charge in [-0.3, -0.25) is 4.79 Å². The van der Waals surface area contributed by atoms with E-state index in [4.69, 9.17) is 4.74 Å². The molecule has 0 aliphatic heterocycles. The summed E-state index contributed by atoms with van der Waals surface area (Å²) in [5.74, 6) is -1.41. The Morgan fingerprint density at radius 2 is 1.80 bits per heavy atom. The second-order valence-electron chi connectivity index (χ2n) is 4.90. The number of benzene rings is 2. The average molecular weight is 353 g/mol. The molecule has 0 saturated carbocycles. The molecule has 2 rings (SSSR count). The Morgan fingerprint density at radius 1 is 1.08 bits per heavy atom. The SMILES string of the molecule is COc1cccc(NC(=O)COC(=O)c2ccccc2C(F)(F)F)c1. The Bertz CT molecular complexity index is 774. The molecule has 0 atom stereocenters. The van der Waals surface area contributed by atoms with Crippen molar-refractivity contribution in [2.45, 2.75) is 6.18 Å². The number of carbonyl (C=O) groups is 2. The molecule has 0 spiro atoms. The highest BCUT2D eigenvalue weighted by molar-refractivity contribution is 5.96. The van der Waals surface area contributed by atoms with Crippen molar-refractivity contribution in [3.63, 3.8) is 0 Å². The van der Waals surface area contributed by atoms with Gasteiger partial charge in [0.1, 0.15) is 5.75 Å². The van der Waals surface area contributed by atoms with Gasteiger partial charge < -0.3 is 14.8 Å². The minimum Gasteiger partial charge on any atom is -0.497 e. The molecule has 0 heterocycles. The van der Waals surface area contributed by atoms with Gasteiger partial charge in [-0.25, -0.2) is 4.79 Å². The lowest BCUT2D eigenvalue weighted by Crippen LogP contribution is -2.22. The third kappa shape index (κ3) is 4.97. The van der Waals surface area contributed by atoms with Crippen molar-refractivity contribution < 1.29 is 32.2 Å². The lowest BCUT2D eigenvalue weighted by molar-refractivity contribution is -0.138. The summed E-state index contributed by atoms with van der Waals surface area (Å²) in [6.45, 7) is -0.720. The van der Waals surface area contributed by atoms with Crippen LogP contribution in [-0.2, 0) is 15.7 Å². The number of nitrogens with one attached hydrogen (secondary N) is 1. The molecule has 0 radical (unpaired) electrons. The van der Waals surface area contributed by atoms with Crippen molar-refractivity contribution in [3.05, 3.63) is 59.7 Å². The maximum atomic E-state index is 12.9. The van der Waals surface area contributed by atoms with Gasteiger partial charge in [-0.15, -0.1) is 0 Å². The third-order valence-corrected chi connectivity index (χ3v) is 3.14. The number of methoxy groups -OCH3 is 1. The number of esters is 1. The highest BCUT2D eigenvalue weighted by Gasteiger charge is 2.35. The zero-order valence-electron chi connectivity index (χ0n) is 13.1. The molecular weight excluding hydrogens is 339 g/mol. The summed E-state index contributed by atoms with van der Waals surface area (Å²) in [7, 11) is 1.46.